The zero-order valence-electron chi connectivity index (χ0n) is 18.8. The molecule has 5 atom stereocenters. The molecule has 32 heavy (non-hydrogen) atoms. The Hall–Kier alpha value is -3.08. The number of fused-ring (bicyclic) bond motifs is 1. The lowest BCUT2D eigenvalue weighted by Crippen LogP contribution is -2.41. The van der Waals surface area contributed by atoms with Crippen molar-refractivity contribution < 1.29 is 15.0 Å². The molecule has 5 nitrogen and oxygen atoms in total. The van der Waals surface area contributed by atoms with E-state index < -0.39 is 11.3 Å². The minimum absolute atomic E-state index is 0.0937. The fourth-order valence-corrected chi connectivity index (χ4v) is 5.49. The van der Waals surface area contributed by atoms with Crippen LogP contribution >= 0.6 is 0 Å². The van der Waals surface area contributed by atoms with Crippen molar-refractivity contribution in [2.75, 3.05) is 0 Å². The number of rotatable bonds is 4. The maximum Gasteiger partial charge on any atom is 0.263 e. The molecule has 1 aromatic carbocycles. The quantitative estimate of drug-likeness (QED) is 0.339. The summed E-state index contributed by atoms with van der Waals surface area (Å²) in [5.74, 6) is 1.19. The highest BCUT2D eigenvalue weighted by molar-refractivity contribution is 6.07. The van der Waals surface area contributed by atoms with Gasteiger partial charge in [-0.25, -0.2) is 0 Å². The summed E-state index contributed by atoms with van der Waals surface area (Å²) >= 11 is 0. The number of aromatic amines is 1. The number of phenolic OH excluding ortho intramolecular Hbond substituents is 1. The van der Waals surface area contributed by atoms with E-state index in [9.17, 15) is 19.8 Å². The lowest BCUT2D eigenvalue weighted by atomic mass is 9.55. The number of ketones is 1. The van der Waals surface area contributed by atoms with Gasteiger partial charge in [0.25, 0.3) is 5.56 Å². The number of benzene rings is 1. The standard InChI is InChI=1S/C27H31NO4/c1-16-4-11-22-19(14-16)6-5-17(2)27(22,3)13-12-23(30)24-25(31)21(15-28-26(24)32)18-7-9-20(29)10-8-18/h5-10,12-13,15-17,19,22,29H,4,11,14H2,1-3H3,(H2,28,31,32)/b13-12+/t16-,17-,19-,22?,27-/m1/s1. The number of allylic oxidation sites excluding steroid dienone is 4. The molecule has 1 heterocycles. The number of aromatic hydroxyl groups is 2. The summed E-state index contributed by atoms with van der Waals surface area (Å²) in [4.78, 5) is 28.1. The van der Waals surface area contributed by atoms with Gasteiger partial charge in [0.05, 0.1) is 0 Å². The minimum atomic E-state index is -0.620. The number of carbonyl (C=O) groups is 1. The summed E-state index contributed by atoms with van der Waals surface area (Å²) in [6.45, 7) is 6.68. The van der Waals surface area contributed by atoms with Gasteiger partial charge in [-0.15, -0.1) is 0 Å². The number of aromatic nitrogens is 1. The molecule has 0 aliphatic heterocycles. The molecule has 0 bridgehead atoms. The highest BCUT2D eigenvalue weighted by atomic mass is 16.3. The number of carbonyl (C=O) groups excluding carboxylic acids is 1. The fourth-order valence-electron chi connectivity index (χ4n) is 5.49. The van der Waals surface area contributed by atoms with Gasteiger partial charge in [-0.1, -0.05) is 57.6 Å². The smallest absolute Gasteiger partial charge is 0.263 e. The molecule has 1 aromatic heterocycles. The molecule has 5 heteroatoms. The third-order valence-corrected chi connectivity index (χ3v) is 7.67. The Kier molecular flexibility index (Phi) is 5.85. The summed E-state index contributed by atoms with van der Waals surface area (Å²) in [7, 11) is 0. The second kappa shape index (κ2) is 8.45. The zero-order chi connectivity index (χ0) is 23.0. The Labute approximate surface area is 188 Å². The molecule has 168 valence electrons. The van der Waals surface area contributed by atoms with Crippen molar-refractivity contribution in [3.8, 4) is 22.6 Å². The van der Waals surface area contributed by atoms with Gasteiger partial charge in [-0.3, -0.25) is 9.59 Å². The van der Waals surface area contributed by atoms with E-state index in [-0.39, 0.29) is 28.4 Å². The van der Waals surface area contributed by atoms with Crippen molar-refractivity contribution in [3.05, 3.63) is 70.7 Å². The number of H-pyrrole nitrogens is 1. The van der Waals surface area contributed by atoms with E-state index in [1.165, 1.54) is 37.2 Å². The Balaban J connectivity index is 1.66. The number of phenols is 1. The van der Waals surface area contributed by atoms with E-state index in [0.717, 1.165) is 6.42 Å². The van der Waals surface area contributed by atoms with E-state index >= 15 is 0 Å². The summed E-state index contributed by atoms with van der Waals surface area (Å²) in [6.07, 6.45) is 12.9. The van der Waals surface area contributed by atoms with Crippen LogP contribution in [0.1, 0.15) is 50.4 Å². The Morgan fingerprint density at radius 3 is 2.56 bits per heavy atom. The van der Waals surface area contributed by atoms with Gasteiger partial charge in [-0.2, -0.15) is 0 Å². The molecule has 0 saturated heterocycles. The largest absolute Gasteiger partial charge is 0.508 e. The van der Waals surface area contributed by atoms with Crippen LogP contribution in [-0.4, -0.2) is 21.0 Å². The molecule has 1 saturated carbocycles. The molecule has 0 radical (unpaired) electrons. The Morgan fingerprint density at radius 1 is 1.12 bits per heavy atom. The van der Waals surface area contributed by atoms with E-state index in [4.69, 9.17) is 0 Å². The zero-order valence-corrected chi connectivity index (χ0v) is 18.8. The second-order valence-electron chi connectivity index (χ2n) is 9.73. The normalized spacial score (nSPS) is 29.7. The number of nitrogens with one attached hydrogen (secondary N) is 1. The Morgan fingerprint density at radius 2 is 1.84 bits per heavy atom. The lowest BCUT2D eigenvalue weighted by Gasteiger charge is -2.49. The predicted octanol–water partition coefficient (Wildman–Crippen LogP) is 5.46. The van der Waals surface area contributed by atoms with Crippen molar-refractivity contribution in [2.45, 2.75) is 40.0 Å². The first-order chi connectivity index (χ1) is 15.2. The lowest BCUT2D eigenvalue weighted by molar-refractivity contribution is 0.0770. The number of hydrogen-bond donors (Lipinski definition) is 3. The van der Waals surface area contributed by atoms with Crippen LogP contribution in [0.4, 0.5) is 0 Å². The van der Waals surface area contributed by atoms with Crippen molar-refractivity contribution in [1.82, 2.24) is 4.98 Å². The molecule has 0 amide bonds. The average Bonchev–Trinajstić information content (AvgIpc) is 2.76. The fraction of sp³-hybridized carbons (Fsp3) is 0.407. The second-order valence-corrected chi connectivity index (χ2v) is 9.73. The van der Waals surface area contributed by atoms with Gasteiger partial charge in [0.2, 0.25) is 0 Å². The molecule has 2 aliphatic rings. The predicted molar refractivity (Wildman–Crippen MR) is 126 cm³/mol. The van der Waals surface area contributed by atoms with Crippen LogP contribution in [0.15, 0.2) is 59.6 Å². The third kappa shape index (κ3) is 3.92. The summed E-state index contributed by atoms with van der Waals surface area (Å²) in [5, 5.41) is 20.3. The van der Waals surface area contributed by atoms with E-state index in [1.807, 2.05) is 6.08 Å². The maximum absolute atomic E-state index is 13.1. The summed E-state index contributed by atoms with van der Waals surface area (Å²) in [5.41, 5.74) is -0.143. The monoisotopic (exact) mass is 433 g/mol. The van der Waals surface area contributed by atoms with E-state index in [2.05, 4.69) is 37.9 Å². The number of pyridine rings is 1. The van der Waals surface area contributed by atoms with Crippen LogP contribution in [0.3, 0.4) is 0 Å². The first-order valence-corrected chi connectivity index (χ1v) is 11.4. The van der Waals surface area contributed by atoms with Crippen molar-refractivity contribution in [2.24, 2.45) is 29.1 Å². The highest BCUT2D eigenvalue weighted by Gasteiger charge is 2.44. The van der Waals surface area contributed by atoms with Gasteiger partial charge in [0, 0.05) is 11.8 Å². The average molecular weight is 434 g/mol. The van der Waals surface area contributed by atoms with Gasteiger partial charge in [-0.05, 0) is 65.7 Å². The van der Waals surface area contributed by atoms with E-state index in [1.54, 1.807) is 12.1 Å². The van der Waals surface area contributed by atoms with Crippen molar-refractivity contribution >= 4 is 5.78 Å². The van der Waals surface area contributed by atoms with Gasteiger partial charge in [0.15, 0.2) is 5.78 Å². The molecule has 1 unspecified atom stereocenters. The first kappa shape index (κ1) is 22.1. The van der Waals surface area contributed by atoms with Crippen molar-refractivity contribution in [1.29, 1.82) is 0 Å². The molecular formula is C27H31NO4. The summed E-state index contributed by atoms with van der Waals surface area (Å²) < 4.78 is 0. The van der Waals surface area contributed by atoms with Gasteiger partial charge >= 0.3 is 0 Å². The topological polar surface area (TPSA) is 90.4 Å². The molecule has 2 aliphatic carbocycles. The molecule has 2 aromatic rings. The van der Waals surface area contributed by atoms with Crippen LogP contribution in [-0.2, 0) is 0 Å². The maximum atomic E-state index is 13.1. The summed E-state index contributed by atoms with van der Waals surface area (Å²) in [6, 6.07) is 6.21. The number of hydrogen-bond acceptors (Lipinski definition) is 4. The molecule has 3 N–H and O–H groups in total. The molecule has 4 rings (SSSR count). The van der Waals surface area contributed by atoms with Crippen LogP contribution < -0.4 is 5.56 Å². The van der Waals surface area contributed by atoms with Crippen LogP contribution in [0.5, 0.6) is 11.5 Å². The van der Waals surface area contributed by atoms with Gasteiger partial charge < -0.3 is 15.2 Å². The van der Waals surface area contributed by atoms with E-state index in [0.29, 0.717) is 28.9 Å². The van der Waals surface area contributed by atoms with Crippen LogP contribution in [0.2, 0.25) is 0 Å². The highest BCUT2D eigenvalue weighted by Crippen LogP contribution is 2.52. The van der Waals surface area contributed by atoms with Crippen LogP contribution in [0, 0.1) is 29.1 Å². The SMILES string of the molecule is C[C@@H]1CCC2[C@H](C=C[C@@H](C)[C@@]2(C)/C=C/C(=O)c2c(O)c(-c3ccc(O)cc3)c[nH]c2=O)C1. The molecule has 1 fully saturated rings. The minimum Gasteiger partial charge on any atom is -0.508 e. The third-order valence-electron chi connectivity index (χ3n) is 7.67. The van der Waals surface area contributed by atoms with Gasteiger partial charge in [0.1, 0.15) is 17.1 Å². The first-order valence-electron chi connectivity index (χ1n) is 11.4. The molecule has 0 spiro atoms. The van der Waals surface area contributed by atoms with Crippen LogP contribution in [0.25, 0.3) is 11.1 Å². The Bertz CT molecular complexity index is 1130. The van der Waals surface area contributed by atoms with Crippen molar-refractivity contribution in [3.63, 3.8) is 0 Å². The molecular weight excluding hydrogens is 402 g/mol.